The van der Waals surface area contributed by atoms with Crippen molar-refractivity contribution in [1.82, 2.24) is 0 Å². The summed E-state index contributed by atoms with van der Waals surface area (Å²) in [6.07, 6.45) is 32.0. The number of carbonyl (C=O) groups is 1. The van der Waals surface area contributed by atoms with Gasteiger partial charge in [0.2, 0.25) is 0 Å². The highest BCUT2D eigenvalue weighted by atomic mass is 31.2. The maximum atomic E-state index is 12.5. The van der Waals surface area contributed by atoms with Crippen molar-refractivity contribution in [2.45, 2.75) is 155 Å². The minimum Gasteiger partial charge on any atom is -0.457 e. The summed E-state index contributed by atoms with van der Waals surface area (Å²) in [7, 11) is 1.66. The zero-order valence-electron chi connectivity index (χ0n) is 30.6. The molecule has 2 unspecified atom stereocenters. The Balaban J connectivity index is 4.29. The molecule has 0 aliphatic heterocycles. The van der Waals surface area contributed by atoms with Gasteiger partial charge in [-0.1, -0.05) is 128 Å². The summed E-state index contributed by atoms with van der Waals surface area (Å²) >= 11 is 0. The Kier molecular flexibility index (Phi) is 30.6. The Labute approximate surface area is 283 Å². The number of hydrogen-bond donors (Lipinski definition) is 1. The molecule has 0 aromatic rings. The lowest BCUT2D eigenvalue weighted by molar-refractivity contribution is -0.870. The van der Waals surface area contributed by atoms with Crippen molar-refractivity contribution in [3.63, 3.8) is 0 Å². The standard InChI is InChI=1S/C37H72NO7P/c1-6-8-10-12-14-16-17-18-19-20-21-23-25-27-29-32-42-34-36(35-44-46(40,41)43-33-31-38(3,4)5)45-37(39)30-28-26-24-22-15-13-11-9-7-2/h12,14,17-18,36H,6-11,13,15-16,19-35H2,1-5H3/p+1/b14-12-,18-17-. The van der Waals surface area contributed by atoms with E-state index in [4.69, 9.17) is 18.5 Å². The summed E-state index contributed by atoms with van der Waals surface area (Å²) in [4.78, 5) is 22.7. The van der Waals surface area contributed by atoms with Crippen LogP contribution in [0.2, 0.25) is 0 Å². The normalized spacial score (nSPS) is 14.3. The second-order valence-corrected chi connectivity index (χ2v) is 15.1. The Morgan fingerprint density at radius 1 is 0.674 bits per heavy atom. The summed E-state index contributed by atoms with van der Waals surface area (Å²) in [5.41, 5.74) is 0. The van der Waals surface area contributed by atoms with Crippen molar-refractivity contribution in [2.24, 2.45) is 0 Å². The smallest absolute Gasteiger partial charge is 0.457 e. The molecule has 46 heavy (non-hydrogen) atoms. The lowest BCUT2D eigenvalue weighted by Gasteiger charge is -2.24. The van der Waals surface area contributed by atoms with Crippen molar-refractivity contribution in [2.75, 3.05) is 54.1 Å². The van der Waals surface area contributed by atoms with Gasteiger partial charge in [0.05, 0.1) is 34.4 Å². The minimum atomic E-state index is -4.26. The lowest BCUT2D eigenvalue weighted by atomic mass is 10.1. The molecule has 0 aromatic heterocycles. The number of phosphoric ester groups is 1. The van der Waals surface area contributed by atoms with Crippen molar-refractivity contribution >= 4 is 13.8 Å². The Bertz CT molecular complexity index is 797. The maximum Gasteiger partial charge on any atom is 0.472 e. The van der Waals surface area contributed by atoms with Crippen LogP contribution in [-0.2, 0) is 27.9 Å². The van der Waals surface area contributed by atoms with Gasteiger partial charge < -0.3 is 18.9 Å². The van der Waals surface area contributed by atoms with E-state index in [1.807, 2.05) is 21.1 Å². The van der Waals surface area contributed by atoms with Crippen LogP contribution in [0.1, 0.15) is 149 Å². The molecule has 0 spiro atoms. The molecule has 2 atom stereocenters. The fourth-order valence-corrected chi connectivity index (χ4v) is 5.54. The molecule has 0 fully saturated rings. The number of quaternary nitrogens is 1. The van der Waals surface area contributed by atoms with E-state index in [0.717, 1.165) is 44.9 Å². The molecule has 0 rings (SSSR count). The predicted molar refractivity (Wildman–Crippen MR) is 192 cm³/mol. The van der Waals surface area contributed by atoms with Gasteiger partial charge in [0.1, 0.15) is 19.3 Å². The molecule has 0 radical (unpaired) electrons. The highest BCUT2D eigenvalue weighted by Crippen LogP contribution is 2.43. The molecule has 1 N–H and O–H groups in total. The van der Waals surface area contributed by atoms with Crippen LogP contribution in [0, 0.1) is 0 Å². The average molecular weight is 675 g/mol. The van der Waals surface area contributed by atoms with E-state index in [1.54, 1.807) is 0 Å². The van der Waals surface area contributed by atoms with Gasteiger partial charge in [-0.3, -0.25) is 13.8 Å². The molecule has 0 bridgehead atoms. The molecule has 0 aliphatic carbocycles. The number of hydrogen-bond acceptors (Lipinski definition) is 6. The van der Waals surface area contributed by atoms with Crippen LogP contribution in [-0.4, -0.2) is 75.6 Å². The van der Waals surface area contributed by atoms with Crippen molar-refractivity contribution in [1.29, 1.82) is 0 Å². The third-order valence-corrected chi connectivity index (χ3v) is 8.75. The van der Waals surface area contributed by atoms with Gasteiger partial charge in [-0.15, -0.1) is 0 Å². The topological polar surface area (TPSA) is 91.3 Å². The zero-order valence-corrected chi connectivity index (χ0v) is 31.5. The third-order valence-electron chi connectivity index (χ3n) is 7.77. The van der Waals surface area contributed by atoms with Gasteiger partial charge >= 0.3 is 13.8 Å². The molecule has 0 heterocycles. The third kappa shape index (κ3) is 34.3. The number of likely N-dealkylation sites (N-methyl/N-ethyl adjacent to an activating group) is 1. The molecular weight excluding hydrogens is 601 g/mol. The van der Waals surface area contributed by atoms with Crippen LogP contribution in [0.5, 0.6) is 0 Å². The molecular formula is C37H73NO7P+. The first-order valence-corrected chi connectivity index (χ1v) is 20.1. The highest BCUT2D eigenvalue weighted by Gasteiger charge is 2.26. The van der Waals surface area contributed by atoms with Gasteiger partial charge in [0.25, 0.3) is 0 Å². The molecule has 0 saturated heterocycles. The zero-order chi connectivity index (χ0) is 34.2. The first-order chi connectivity index (χ1) is 22.1. The van der Waals surface area contributed by atoms with Gasteiger partial charge in [-0.05, 0) is 38.5 Å². The Morgan fingerprint density at radius 3 is 1.83 bits per heavy atom. The number of rotatable bonds is 34. The van der Waals surface area contributed by atoms with Crippen LogP contribution >= 0.6 is 7.82 Å². The minimum absolute atomic E-state index is 0.0876. The Hall–Kier alpha value is -1.02. The number of unbranched alkanes of at least 4 members (excludes halogenated alkanes) is 16. The van der Waals surface area contributed by atoms with Crippen LogP contribution in [0.25, 0.3) is 0 Å². The molecule has 0 saturated carbocycles. The Morgan fingerprint density at radius 2 is 1.22 bits per heavy atom. The number of nitrogens with zero attached hydrogens (tertiary/aromatic N) is 1. The molecule has 272 valence electrons. The summed E-state index contributed by atoms with van der Waals surface area (Å²) in [5, 5.41) is 0. The molecule has 8 nitrogen and oxygen atoms in total. The van der Waals surface area contributed by atoms with Crippen LogP contribution < -0.4 is 0 Å². The molecule has 0 aliphatic rings. The fourth-order valence-electron chi connectivity index (χ4n) is 4.80. The van der Waals surface area contributed by atoms with E-state index in [0.29, 0.717) is 24.1 Å². The van der Waals surface area contributed by atoms with Crippen LogP contribution in [0.15, 0.2) is 24.3 Å². The van der Waals surface area contributed by atoms with E-state index in [2.05, 4.69) is 38.2 Å². The first kappa shape index (κ1) is 45.0. The maximum absolute atomic E-state index is 12.5. The molecule has 0 amide bonds. The number of allylic oxidation sites excluding steroid dienone is 4. The van der Waals surface area contributed by atoms with Gasteiger partial charge in [0, 0.05) is 13.0 Å². The summed E-state index contributed by atoms with van der Waals surface area (Å²) in [6.45, 7) is 5.53. The van der Waals surface area contributed by atoms with Crippen LogP contribution in [0.4, 0.5) is 0 Å². The second kappa shape index (κ2) is 31.3. The average Bonchev–Trinajstić information content (AvgIpc) is 2.99. The largest absolute Gasteiger partial charge is 0.472 e. The number of esters is 1. The first-order valence-electron chi connectivity index (χ1n) is 18.6. The van der Waals surface area contributed by atoms with Gasteiger partial charge in [-0.2, -0.15) is 0 Å². The van der Waals surface area contributed by atoms with E-state index in [-0.39, 0.29) is 25.8 Å². The second-order valence-electron chi connectivity index (χ2n) is 13.6. The monoisotopic (exact) mass is 675 g/mol. The van der Waals surface area contributed by atoms with E-state index < -0.39 is 13.9 Å². The predicted octanol–water partition coefficient (Wildman–Crippen LogP) is 10.1. The van der Waals surface area contributed by atoms with Crippen molar-refractivity contribution < 1.29 is 37.3 Å². The summed E-state index contributed by atoms with van der Waals surface area (Å²) in [6, 6.07) is 0. The van der Waals surface area contributed by atoms with E-state index >= 15 is 0 Å². The molecule has 9 heteroatoms. The summed E-state index contributed by atoms with van der Waals surface area (Å²) < 4.78 is 34.7. The number of carbonyl (C=O) groups excluding carboxylic acids is 1. The number of phosphoric acid groups is 1. The van der Waals surface area contributed by atoms with Crippen LogP contribution in [0.3, 0.4) is 0 Å². The highest BCUT2D eigenvalue weighted by molar-refractivity contribution is 7.47. The van der Waals surface area contributed by atoms with Crippen molar-refractivity contribution in [3.05, 3.63) is 24.3 Å². The van der Waals surface area contributed by atoms with E-state index in [1.165, 1.54) is 83.5 Å². The number of ether oxygens (including phenoxy) is 2. The van der Waals surface area contributed by atoms with Gasteiger partial charge in [0.15, 0.2) is 0 Å². The molecule has 0 aromatic carbocycles. The van der Waals surface area contributed by atoms with Crippen molar-refractivity contribution in [3.8, 4) is 0 Å². The lowest BCUT2D eigenvalue weighted by Crippen LogP contribution is -2.37. The fraction of sp³-hybridized carbons (Fsp3) is 0.865. The quantitative estimate of drug-likeness (QED) is 0.0239. The SMILES string of the molecule is CCCC/C=C\C/C=C\CCCCCCCCOCC(COP(=O)(O)OCC[N+](C)(C)C)OC(=O)CCCCCCCCCCC. The van der Waals surface area contributed by atoms with E-state index in [9.17, 15) is 14.3 Å². The summed E-state index contributed by atoms with van der Waals surface area (Å²) in [5.74, 6) is -0.322. The van der Waals surface area contributed by atoms with Gasteiger partial charge in [-0.25, -0.2) is 4.57 Å².